The van der Waals surface area contributed by atoms with E-state index in [1.807, 2.05) is 39.8 Å². The molecular formula is C28H40N2O5. The average Bonchev–Trinajstić information content (AvgIpc) is 3.06. The molecule has 0 spiro atoms. The van der Waals surface area contributed by atoms with Crippen LogP contribution in [0.2, 0.25) is 0 Å². The van der Waals surface area contributed by atoms with Crippen LogP contribution in [-0.4, -0.2) is 66.9 Å². The molecule has 1 heterocycles. The molecule has 0 aromatic heterocycles. The number of hydrogen-bond acceptors (Lipinski definition) is 6. The first-order valence-electron chi connectivity index (χ1n) is 12.2. The first kappa shape index (κ1) is 27.1. The van der Waals surface area contributed by atoms with Crippen molar-refractivity contribution in [3.8, 4) is 0 Å². The van der Waals surface area contributed by atoms with E-state index in [9.17, 15) is 4.79 Å². The van der Waals surface area contributed by atoms with Crippen LogP contribution in [-0.2, 0) is 32.0 Å². The normalized spacial score (nSPS) is 17.5. The Hall–Kier alpha value is -2.45. The summed E-state index contributed by atoms with van der Waals surface area (Å²) in [5.41, 5.74) is 1.31. The lowest BCUT2D eigenvalue weighted by Gasteiger charge is -2.37. The molecule has 7 nitrogen and oxygen atoms in total. The van der Waals surface area contributed by atoms with Crippen molar-refractivity contribution in [2.45, 2.75) is 64.5 Å². The molecule has 0 radical (unpaired) electrons. The summed E-state index contributed by atoms with van der Waals surface area (Å²) in [4.78, 5) is 17.1. The summed E-state index contributed by atoms with van der Waals surface area (Å²) < 4.78 is 22.5. The Kier molecular flexibility index (Phi) is 9.69. The molecule has 1 aliphatic heterocycles. The van der Waals surface area contributed by atoms with Gasteiger partial charge in [0, 0.05) is 26.2 Å². The van der Waals surface area contributed by atoms with Crippen molar-refractivity contribution in [2.24, 2.45) is 0 Å². The number of rotatable bonds is 12. The maximum atomic E-state index is 13.0. The maximum absolute atomic E-state index is 13.0. The van der Waals surface area contributed by atoms with Crippen LogP contribution < -0.4 is 0 Å². The molecule has 0 N–H and O–H groups in total. The van der Waals surface area contributed by atoms with Gasteiger partial charge in [0.2, 0.25) is 0 Å². The van der Waals surface area contributed by atoms with E-state index >= 15 is 0 Å². The number of carbonyl (C=O) groups excluding carboxylic acids is 1. The van der Waals surface area contributed by atoms with Gasteiger partial charge in [-0.2, -0.15) is 0 Å². The fourth-order valence-corrected chi connectivity index (χ4v) is 4.61. The molecule has 1 amide bonds. The van der Waals surface area contributed by atoms with Gasteiger partial charge < -0.3 is 18.9 Å². The Bertz CT molecular complexity index is 847. The third-order valence-electron chi connectivity index (χ3n) is 6.27. The predicted molar refractivity (Wildman–Crippen MR) is 136 cm³/mol. The highest BCUT2D eigenvalue weighted by Crippen LogP contribution is 2.35. The molecule has 7 heteroatoms. The zero-order valence-electron chi connectivity index (χ0n) is 21.7. The van der Waals surface area contributed by atoms with Crippen LogP contribution in [0.3, 0.4) is 0 Å². The predicted octanol–water partition coefficient (Wildman–Crippen LogP) is 5.05. The number of methoxy groups -OCH3 is 1. The van der Waals surface area contributed by atoms with Crippen molar-refractivity contribution in [2.75, 3.05) is 33.7 Å². The lowest BCUT2D eigenvalue weighted by molar-refractivity contribution is -0.0629. The summed E-state index contributed by atoms with van der Waals surface area (Å²) in [7, 11) is 1.62. The van der Waals surface area contributed by atoms with Gasteiger partial charge >= 0.3 is 6.09 Å². The summed E-state index contributed by atoms with van der Waals surface area (Å²) in [6.45, 7) is 10.7. The number of benzene rings is 2. The summed E-state index contributed by atoms with van der Waals surface area (Å²) in [6.07, 6.45) is 0.275. The van der Waals surface area contributed by atoms with Crippen molar-refractivity contribution < 1.29 is 23.7 Å². The number of hydrogen-bond donors (Lipinski definition) is 0. The van der Waals surface area contributed by atoms with Gasteiger partial charge in [0.1, 0.15) is 12.5 Å². The minimum Gasteiger partial charge on any atom is -0.449 e. The van der Waals surface area contributed by atoms with Crippen LogP contribution in [0.25, 0.3) is 0 Å². The van der Waals surface area contributed by atoms with Gasteiger partial charge in [-0.1, -0.05) is 60.7 Å². The van der Waals surface area contributed by atoms with Crippen LogP contribution in [0.1, 0.15) is 45.2 Å². The molecule has 0 bridgehead atoms. The van der Waals surface area contributed by atoms with E-state index in [0.717, 1.165) is 13.1 Å². The third-order valence-corrected chi connectivity index (χ3v) is 6.27. The van der Waals surface area contributed by atoms with Crippen molar-refractivity contribution >= 4 is 6.09 Å². The van der Waals surface area contributed by atoms with E-state index in [4.69, 9.17) is 18.9 Å². The molecular weight excluding hydrogens is 444 g/mol. The van der Waals surface area contributed by atoms with Crippen molar-refractivity contribution in [1.82, 2.24) is 9.80 Å². The van der Waals surface area contributed by atoms with E-state index in [1.54, 1.807) is 12.0 Å². The van der Waals surface area contributed by atoms with Gasteiger partial charge in [0.05, 0.1) is 25.4 Å². The van der Waals surface area contributed by atoms with Crippen LogP contribution in [0, 0.1) is 0 Å². The molecule has 3 rings (SSSR count). The van der Waals surface area contributed by atoms with Gasteiger partial charge in [-0.05, 0) is 45.2 Å². The Balaban J connectivity index is 1.71. The lowest BCUT2D eigenvalue weighted by Crippen LogP contribution is -2.53. The summed E-state index contributed by atoms with van der Waals surface area (Å²) in [6, 6.07) is 20.8. The third kappa shape index (κ3) is 7.77. The van der Waals surface area contributed by atoms with E-state index in [2.05, 4.69) is 53.4 Å². The molecule has 1 fully saturated rings. The Morgan fingerprint density at radius 2 is 1.57 bits per heavy atom. The highest BCUT2D eigenvalue weighted by atomic mass is 16.7. The number of carbonyl (C=O) groups is 1. The topological polar surface area (TPSA) is 60.5 Å². The summed E-state index contributed by atoms with van der Waals surface area (Å²) >= 11 is 0. The van der Waals surface area contributed by atoms with Gasteiger partial charge in [0.25, 0.3) is 0 Å². The Labute approximate surface area is 209 Å². The highest BCUT2D eigenvalue weighted by molar-refractivity contribution is 5.69. The minimum atomic E-state index is -0.700. The molecule has 2 aromatic rings. The van der Waals surface area contributed by atoms with Gasteiger partial charge in [-0.25, -0.2) is 4.79 Å². The van der Waals surface area contributed by atoms with Crippen LogP contribution >= 0.6 is 0 Å². The smallest absolute Gasteiger partial charge is 0.412 e. The Morgan fingerprint density at radius 1 is 1.00 bits per heavy atom. The van der Waals surface area contributed by atoms with Crippen molar-refractivity contribution in [3.05, 3.63) is 71.8 Å². The fourth-order valence-electron chi connectivity index (χ4n) is 4.61. The lowest BCUT2D eigenvalue weighted by atomic mass is 10.0. The minimum absolute atomic E-state index is 0.0224. The molecule has 1 saturated heterocycles. The SMILES string of the molecule is COCOC[C@H](CCOC(=O)N1C(C)(C)COC1(C)C)N(Cc1ccccc1)Cc1ccccc1. The molecule has 35 heavy (non-hydrogen) atoms. The second-order valence-corrected chi connectivity index (χ2v) is 10.1. The summed E-state index contributed by atoms with van der Waals surface area (Å²) in [5, 5.41) is 0. The monoisotopic (exact) mass is 484 g/mol. The quantitative estimate of drug-likeness (QED) is 0.310. The average molecular weight is 485 g/mol. The van der Waals surface area contributed by atoms with E-state index < -0.39 is 11.3 Å². The van der Waals surface area contributed by atoms with Crippen molar-refractivity contribution in [1.29, 1.82) is 0 Å². The van der Waals surface area contributed by atoms with Gasteiger partial charge in [-0.3, -0.25) is 9.80 Å². The summed E-state index contributed by atoms with van der Waals surface area (Å²) in [5.74, 6) is 0. The largest absolute Gasteiger partial charge is 0.449 e. The van der Waals surface area contributed by atoms with E-state index in [0.29, 0.717) is 19.6 Å². The van der Waals surface area contributed by atoms with E-state index in [-0.39, 0.29) is 25.5 Å². The second kappa shape index (κ2) is 12.5. The molecule has 1 aliphatic rings. The second-order valence-electron chi connectivity index (χ2n) is 10.1. The first-order valence-corrected chi connectivity index (χ1v) is 12.2. The standard InChI is InChI=1S/C28H40N2O5/c1-27(2)21-35-28(3,4)30(27)26(31)34-17-16-25(20-33-22-32-5)29(18-23-12-8-6-9-13-23)19-24-14-10-7-11-15-24/h6-15,25H,16-22H2,1-5H3/t25-/m0/s1. The zero-order valence-corrected chi connectivity index (χ0v) is 21.7. The highest BCUT2D eigenvalue weighted by Gasteiger charge is 2.49. The zero-order chi connectivity index (χ0) is 25.3. The van der Waals surface area contributed by atoms with Crippen LogP contribution in [0.4, 0.5) is 4.79 Å². The van der Waals surface area contributed by atoms with E-state index in [1.165, 1.54) is 11.1 Å². The molecule has 0 unspecified atom stereocenters. The first-order chi connectivity index (χ1) is 16.7. The Morgan fingerprint density at radius 3 is 2.06 bits per heavy atom. The number of amides is 1. The maximum Gasteiger partial charge on any atom is 0.412 e. The molecule has 1 atom stereocenters. The fraction of sp³-hybridized carbons (Fsp3) is 0.536. The van der Waals surface area contributed by atoms with Crippen molar-refractivity contribution in [3.63, 3.8) is 0 Å². The molecule has 0 saturated carbocycles. The van der Waals surface area contributed by atoms with Crippen LogP contribution in [0.15, 0.2) is 60.7 Å². The van der Waals surface area contributed by atoms with Gasteiger partial charge in [0.15, 0.2) is 0 Å². The van der Waals surface area contributed by atoms with Gasteiger partial charge in [-0.15, -0.1) is 0 Å². The number of nitrogens with zero attached hydrogens (tertiary/aromatic N) is 2. The number of ether oxygens (including phenoxy) is 4. The molecule has 2 aromatic carbocycles. The molecule has 0 aliphatic carbocycles. The molecule has 192 valence electrons. The van der Waals surface area contributed by atoms with Crippen LogP contribution in [0.5, 0.6) is 0 Å².